The van der Waals surface area contributed by atoms with E-state index in [4.69, 9.17) is 11.6 Å². The summed E-state index contributed by atoms with van der Waals surface area (Å²) in [6, 6.07) is 7.48. The van der Waals surface area contributed by atoms with Gasteiger partial charge in [-0.2, -0.15) is 5.43 Å². The van der Waals surface area contributed by atoms with Crippen molar-refractivity contribution in [1.29, 1.82) is 0 Å². The van der Waals surface area contributed by atoms with Crippen LogP contribution in [0, 0.1) is 5.92 Å². The number of nitrogens with zero attached hydrogens (tertiary/aromatic N) is 3. The topological polar surface area (TPSA) is 85.0 Å². The lowest BCUT2D eigenvalue weighted by Crippen LogP contribution is -2.66. The van der Waals surface area contributed by atoms with E-state index in [1.54, 1.807) is 16.0 Å². The molecule has 0 bridgehead atoms. The third-order valence-electron chi connectivity index (χ3n) is 7.75. The quantitative estimate of drug-likeness (QED) is 0.642. The second-order valence-electron chi connectivity index (χ2n) is 10.1. The maximum atomic E-state index is 13.5. The number of hydrazine groups is 1. The van der Waals surface area contributed by atoms with Gasteiger partial charge in [0.05, 0.1) is 12.5 Å². The molecule has 184 valence electrons. The number of rotatable bonds is 6. The molecule has 9 heteroatoms. The fraction of sp³-hybridized carbons (Fsp3) is 0.640. The van der Waals surface area contributed by atoms with Gasteiger partial charge in [-0.3, -0.25) is 19.5 Å². The molecular weight excluding hydrogens is 454 g/mol. The van der Waals surface area contributed by atoms with Crippen molar-refractivity contribution in [3.05, 3.63) is 34.9 Å². The Morgan fingerprint density at radius 3 is 2.62 bits per heavy atom. The zero-order valence-electron chi connectivity index (χ0n) is 19.5. The van der Waals surface area contributed by atoms with Crippen molar-refractivity contribution in [2.45, 2.75) is 89.1 Å². The zero-order valence-corrected chi connectivity index (χ0v) is 20.3. The van der Waals surface area contributed by atoms with Gasteiger partial charge in [-0.15, -0.1) is 0 Å². The average Bonchev–Trinajstić information content (AvgIpc) is 3.15. The second kappa shape index (κ2) is 10.1. The predicted molar refractivity (Wildman–Crippen MR) is 128 cm³/mol. The first kappa shape index (κ1) is 23.4. The highest BCUT2D eigenvalue weighted by Gasteiger charge is 2.54. The van der Waals surface area contributed by atoms with Crippen LogP contribution < -0.4 is 10.7 Å². The lowest BCUT2D eigenvalue weighted by molar-refractivity contribution is -0.156. The van der Waals surface area contributed by atoms with Crippen molar-refractivity contribution >= 4 is 29.4 Å². The molecule has 4 amide bonds. The summed E-state index contributed by atoms with van der Waals surface area (Å²) >= 11 is 6.14. The van der Waals surface area contributed by atoms with Gasteiger partial charge in [0.25, 0.3) is 0 Å². The first-order chi connectivity index (χ1) is 16.5. The number of fused-ring (bicyclic) bond motifs is 3. The van der Waals surface area contributed by atoms with Crippen molar-refractivity contribution in [2.75, 3.05) is 6.54 Å². The van der Waals surface area contributed by atoms with E-state index in [-0.39, 0.29) is 42.3 Å². The molecule has 2 aliphatic heterocycles. The molecule has 4 fully saturated rings. The van der Waals surface area contributed by atoms with Crippen LogP contribution in [0.4, 0.5) is 4.79 Å². The smallest absolute Gasteiger partial charge is 0.337 e. The first-order valence-electron chi connectivity index (χ1n) is 12.7. The van der Waals surface area contributed by atoms with Gasteiger partial charge in [-0.1, -0.05) is 55.8 Å². The molecule has 2 aliphatic carbocycles. The number of halogens is 1. The van der Waals surface area contributed by atoms with E-state index < -0.39 is 6.29 Å². The Hall–Kier alpha value is -2.32. The van der Waals surface area contributed by atoms with E-state index in [9.17, 15) is 14.4 Å². The lowest BCUT2D eigenvalue weighted by Gasteiger charge is -2.48. The number of carbonyl (C=O) groups is 3. The lowest BCUT2D eigenvalue weighted by atomic mass is 9.81. The van der Waals surface area contributed by atoms with E-state index in [2.05, 4.69) is 10.7 Å². The monoisotopic (exact) mass is 487 g/mol. The van der Waals surface area contributed by atoms with Crippen LogP contribution >= 0.6 is 11.6 Å². The molecule has 2 saturated heterocycles. The summed E-state index contributed by atoms with van der Waals surface area (Å²) in [6.07, 6.45) is 8.94. The normalized spacial score (nSPS) is 27.6. The molecule has 2 N–H and O–H groups in total. The Bertz CT molecular complexity index is 937. The minimum Gasteiger partial charge on any atom is -0.353 e. The third kappa shape index (κ3) is 4.75. The highest BCUT2D eigenvalue weighted by Crippen LogP contribution is 2.38. The van der Waals surface area contributed by atoms with Crippen molar-refractivity contribution in [2.24, 2.45) is 5.92 Å². The molecule has 0 spiro atoms. The minimum absolute atomic E-state index is 0.0166. The van der Waals surface area contributed by atoms with E-state index in [0.29, 0.717) is 18.1 Å². The molecule has 3 atom stereocenters. The standard InChI is InChI=1S/C25H34ClN5O3/c26-18-8-6-7-17(15-18)16-30-25(34)31-21-12-5-4-11-20(21)23(33)29(24(31)28-30)14-13-22(32)27-19-9-2-1-3-10-19/h6-8,15,19-21,24,28H,1-5,9-14,16H2,(H,27,32). The fourth-order valence-corrected chi connectivity index (χ4v) is 6.25. The number of urea groups is 1. The summed E-state index contributed by atoms with van der Waals surface area (Å²) in [6.45, 7) is 0.654. The Labute approximate surface area is 205 Å². The molecule has 5 rings (SSSR count). The number of hydrogen-bond acceptors (Lipinski definition) is 4. The van der Waals surface area contributed by atoms with Crippen molar-refractivity contribution in [3.8, 4) is 0 Å². The Kier molecular flexibility index (Phi) is 6.97. The van der Waals surface area contributed by atoms with Crippen LogP contribution in [0.25, 0.3) is 0 Å². The maximum absolute atomic E-state index is 13.5. The van der Waals surface area contributed by atoms with Gasteiger partial charge in [0.2, 0.25) is 11.8 Å². The Morgan fingerprint density at radius 1 is 1.06 bits per heavy atom. The van der Waals surface area contributed by atoms with Crippen LogP contribution in [0.15, 0.2) is 24.3 Å². The van der Waals surface area contributed by atoms with Crippen LogP contribution in [0.1, 0.15) is 69.8 Å². The van der Waals surface area contributed by atoms with Gasteiger partial charge in [0, 0.05) is 30.1 Å². The Morgan fingerprint density at radius 2 is 1.82 bits per heavy atom. The number of nitrogens with one attached hydrogen (secondary N) is 2. The molecule has 1 aromatic rings. The molecule has 2 saturated carbocycles. The first-order valence-corrected chi connectivity index (χ1v) is 13.1. The Balaban J connectivity index is 1.30. The predicted octanol–water partition coefficient (Wildman–Crippen LogP) is 3.61. The molecule has 34 heavy (non-hydrogen) atoms. The third-order valence-corrected chi connectivity index (χ3v) is 7.98. The maximum Gasteiger partial charge on any atom is 0.337 e. The van der Waals surface area contributed by atoms with Gasteiger partial charge in [0.15, 0.2) is 6.29 Å². The summed E-state index contributed by atoms with van der Waals surface area (Å²) in [5.74, 6) is -0.151. The average molecular weight is 488 g/mol. The highest BCUT2D eigenvalue weighted by atomic mass is 35.5. The molecular formula is C25H34ClN5O3. The van der Waals surface area contributed by atoms with E-state index in [1.165, 1.54) is 6.42 Å². The SMILES string of the molecule is O=C(CCN1C(=O)C2CCCCC2N2C(=O)N(Cc3cccc(Cl)c3)NC12)NC1CCCCC1. The molecule has 2 heterocycles. The summed E-state index contributed by atoms with van der Waals surface area (Å²) in [4.78, 5) is 43.2. The van der Waals surface area contributed by atoms with Gasteiger partial charge < -0.3 is 10.2 Å². The summed E-state index contributed by atoms with van der Waals surface area (Å²) in [5, 5.41) is 5.34. The molecule has 3 unspecified atom stereocenters. The van der Waals surface area contributed by atoms with Crippen LogP contribution in [0.3, 0.4) is 0 Å². The summed E-state index contributed by atoms with van der Waals surface area (Å²) in [5.41, 5.74) is 4.18. The van der Waals surface area contributed by atoms with Crippen LogP contribution in [-0.2, 0) is 16.1 Å². The fourth-order valence-electron chi connectivity index (χ4n) is 6.04. The summed E-state index contributed by atoms with van der Waals surface area (Å²) in [7, 11) is 0. The summed E-state index contributed by atoms with van der Waals surface area (Å²) < 4.78 is 0. The van der Waals surface area contributed by atoms with Crippen molar-refractivity contribution in [1.82, 2.24) is 25.6 Å². The van der Waals surface area contributed by atoms with Crippen LogP contribution in [-0.4, -0.2) is 57.6 Å². The largest absolute Gasteiger partial charge is 0.353 e. The highest BCUT2D eigenvalue weighted by molar-refractivity contribution is 6.30. The van der Waals surface area contributed by atoms with Crippen LogP contribution in [0.2, 0.25) is 5.02 Å². The van der Waals surface area contributed by atoms with Gasteiger partial charge in [-0.05, 0) is 43.4 Å². The number of hydrogen-bond donors (Lipinski definition) is 2. The van der Waals surface area contributed by atoms with E-state index in [1.807, 2.05) is 23.1 Å². The van der Waals surface area contributed by atoms with Crippen molar-refractivity contribution < 1.29 is 14.4 Å². The molecule has 4 aliphatic rings. The van der Waals surface area contributed by atoms with Crippen LogP contribution in [0.5, 0.6) is 0 Å². The van der Waals surface area contributed by atoms with Gasteiger partial charge in [0.1, 0.15) is 0 Å². The van der Waals surface area contributed by atoms with Gasteiger partial charge >= 0.3 is 6.03 Å². The second-order valence-corrected chi connectivity index (χ2v) is 10.5. The molecule has 0 radical (unpaired) electrons. The van der Waals surface area contributed by atoms with Crippen molar-refractivity contribution in [3.63, 3.8) is 0 Å². The van der Waals surface area contributed by atoms with E-state index >= 15 is 0 Å². The minimum atomic E-state index is -0.555. The number of amides is 4. The zero-order chi connectivity index (χ0) is 23.7. The number of carbonyl (C=O) groups excluding carboxylic acids is 3. The molecule has 8 nitrogen and oxygen atoms in total. The van der Waals surface area contributed by atoms with E-state index in [0.717, 1.165) is 56.9 Å². The molecule has 0 aromatic heterocycles. The molecule has 1 aromatic carbocycles. The van der Waals surface area contributed by atoms with Gasteiger partial charge in [-0.25, -0.2) is 4.79 Å². The number of benzene rings is 1.